The number of aliphatic hydroxyl groups is 1. The molecule has 2 heteroatoms. The van der Waals surface area contributed by atoms with Crippen LogP contribution >= 0.6 is 11.8 Å². The van der Waals surface area contributed by atoms with Gasteiger partial charge in [0.2, 0.25) is 0 Å². The molecule has 0 radical (unpaired) electrons. The van der Waals surface area contributed by atoms with Crippen LogP contribution in [0.1, 0.15) is 13.3 Å². The van der Waals surface area contributed by atoms with E-state index in [2.05, 4.69) is 12.8 Å². The van der Waals surface area contributed by atoms with E-state index in [4.69, 9.17) is 11.5 Å². The molecular weight excluding hydrogens is 132 g/mol. The fraction of sp³-hybridized carbons (Fsp3) is 0.714. The number of thioether (sulfide) groups is 1. The van der Waals surface area contributed by atoms with E-state index in [0.717, 1.165) is 11.5 Å². The van der Waals surface area contributed by atoms with Crippen LogP contribution in [0.5, 0.6) is 0 Å². The first-order chi connectivity index (χ1) is 4.31. The summed E-state index contributed by atoms with van der Waals surface area (Å²) < 4.78 is 0. The van der Waals surface area contributed by atoms with Crippen molar-refractivity contribution in [3.63, 3.8) is 0 Å². The summed E-state index contributed by atoms with van der Waals surface area (Å²) in [6.07, 6.45) is 5.16. The van der Waals surface area contributed by atoms with Gasteiger partial charge >= 0.3 is 0 Å². The average Bonchev–Trinajstić information content (AvgIpc) is 1.85. The van der Waals surface area contributed by atoms with Gasteiger partial charge in [-0.1, -0.05) is 6.92 Å². The molecule has 0 aliphatic rings. The minimum atomic E-state index is -0.306. The van der Waals surface area contributed by atoms with E-state index in [1.54, 1.807) is 11.8 Å². The van der Waals surface area contributed by atoms with Gasteiger partial charge in [0.1, 0.15) is 0 Å². The first kappa shape index (κ1) is 8.87. The SMILES string of the molecule is C#CCC(O)CSCC. The van der Waals surface area contributed by atoms with Gasteiger partial charge in [-0.05, 0) is 5.75 Å². The minimum absolute atomic E-state index is 0.306. The lowest BCUT2D eigenvalue weighted by atomic mass is 10.3. The molecule has 0 spiro atoms. The Labute approximate surface area is 60.8 Å². The zero-order chi connectivity index (χ0) is 7.11. The van der Waals surface area contributed by atoms with E-state index >= 15 is 0 Å². The molecule has 0 aromatic rings. The zero-order valence-corrected chi connectivity index (χ0v) is 6.45. The summed E-state index contributed by atoms with van der Waals surface area (Å²) in [6, 6.07) is 0. The van der Waals surface area contributed by atoms with Gasteiger partial charge in [-0.25, -0.2) is 0 Å². The van der Waals surface area contributed by atoms with Crippen LogP contribution in [-0.4, -0.2) is 22.7 Å². The smallest absolute Gasteiger partial charge is 0.0739 e. The molecule has 1 atom stereocenters. The largest absolute Gasteiger partial charge is 0.391 e. The van der Waals surface area contributed by atoms with Crippen molar-refractivity contribution >= 4 is 11.8 Å². The van der Waals surface area contributed by atoms with Gasteiger partial charge in [-0.2, -0.15) is 11.8 Å². The van der Waals surface area contributed by atoms with Crippen LogP contribution in [0.2, 0.25) is 0 Å². The maximum atomic E-state index is 9.02. The maximum Gasteiger partial charge on any atom is 0.0739 e. The fourth-order valence-corrected chi connectivity index (χ4v) is 1.07. The highest BCUT2D eigenvalue weighted by atomic mass is 32.2. The molecular formula is C7H12OS. The van der Waals surface area contributed by atoms with Gasteiger partial charge in [0.05, 0.1) is 6.10 Å². The van der Waals surface area contributed by atoms with Crippen molar-refractivity contribution in [3.8, 4) is 12.3 Å². The second kappa shape index (κ2) is 6.00. The Kier molecular flexibility index (Phi) is 5.91. The van der Waals surface area contributed by atoms with E-state index in [1.807, 2.05) is 0 Å². The lowest BCUT2D eigenvalue weighted by molar-refractivity contribution is 0.205. The van der Waals surface area contributed by atoms with Crippen LogP contribution in [-0.2, 0) is 0 Å². The third kappa shape index (κ3) is 5.75. The molecule has 0 rings (SSSR count). The number of terminal acetylenes is 1. The first-order valence-electron chi connectivity index (χ1n) is 3.00. The molecule has 0 fully saturated rings. The van der Waals surface area contributed by atoms with Gasteiger partial charge in [0.15, 0.2) is 0 Å². The quantitative estimate of drug-likeness (QED) is 0.597. The van der Waals surface area contributed by atoms with Crippen LogP contribution in [0.25, 0.3) is 0 Å². The molecule has 52 valence electrons. The second-order valence-corrected chi connectivity index (χ2v) is 3.04. The normalized spacial score (nSPS) is 12.6. The molecule has 0 aromatic carbocycles. The molecule has 9 heavy (non-hydrogen) atoms. The highest BCUT2D eigenvalue weighted by Gasteiger charge is 1.98. The summed E-state index contributed by atoms with van der Waals surface area (Å²) in [5.41, 5.74) is 0. The standard InChI is InChI=1S/C7H12OS/c1-3-5-7(8)6-9-4-2/h1,7-8H,4-6H2,2H3. The Morgan fingerprint density at radius 1 is 1.78 bits per heavy atom. The molecule has 0 aliphatic heterocycles. The highest BCUT2D eigenvalue weighted by Crippen LogP contribution is 2.03. The molecule has 1 unspecified atom stereocenters. The van der Waals surface area contributed by atoms with Crippen molar-refractivity contribution in [1.82, 2.24) is 0 Å². The summed E-state index contributed by atoms with van der Waals surface area (Å²) in [5, 5.41) is 9.02. The monoisotopic (exact) mass is 144 g/mol. The Hall–Kier alpha value is -0.130. The Morgan fingerprint density at radius 3 is 2.89 bits per heavy atom. The van der Waals surface area contributed by atoms with Gasteiger partial charge < -0.3 is 5.11 Å². The molecule has 0 heterocycles. The molecule has 0 amide bonds. The van der Waals surface area contributed by atoms with E-state index in [1.165, 1.54) is 0 Å². The Balaban J connectivity index is 3.08. The first-order valence-corrected chi connectivity index (χ1v) is 4.16. The van der Waals surface area contributed by atoms with Crippen LogP contribution in [0.15, 0.2) is 0 Å². The molecule has 0 bridgehead atoms. The van der Waals surface area contributed by atoms with Crippen molar-refractivity contribution in [2.24, 2.45) is 0 Å². The van der Waals surface area contributed by atoms with Crippen molar-refractivity contribution < 1.29 is 5.11 Å². The second-order valence-electron chi connectivity index (χ2n) is 1.72. The van der Waals surface area contributed by atoms with Crippen LogP contribution in [0.4, 0.5) is 0 Å². The molecule has 0 aromatic heterocycles. The molecule has 1 nitrogen and oxygen atoms in total. The summed E-state index contributed by atoms with van der Waals surface area (Å²) in [7, 11) is 0. The third-order valence-corrected chi connectivity index (χ3v) is 1.90. The summed E-state index contributed by atoms with van der Waals surface area (Å²) in [5.74, 6) is 4.22. The van der Waals surface area contributed by atoms with Gasteiger partial charge in [-0.3, -0.25) is 0 Å². The van der Waals surface area contributed by atoms with Crippen LogP contribution in [0.3, 0.4) is 0 Å². The van der Waals surface area contributed by atoms with E-state index < -0.39 is 0 Å². The predicted octanol–water partition coefficient (Wildman–Crippen LogP) is 1.12. The maximum absolute atomic E-state index is 9.02. The topological polar surface area (TPSA) is 20.2 Å². The Morgan fingerprint density at radius 2 is 2.44 bits per heavy atom. The van der Waals surface area contributed by atoms with E-state index in [0.29, 0.717) is 6.42 Å². The number of hydrogen-bond acceptors (Lipinski definition) is 2. The summed E-state index contributed by atoms with van der Waals surface area (Å²) in [4.78, 5) is 0. The molecule has 0 saturated carbocycles. The van der Waals surface area contributed by atoms with Gasteiger partial charge in [0.25, 0.3) is 0 Å². The predicted molar refractivity (Wildman–Crippen MR) is 42.5 cm³/mol. The van der Waals surface area contributed by atoms with E-state index in [-0.39, 0.29) is 6.10 Å². The van der Waals surface area contributed by atoms with Crippen LogP contribution in [0, 0.1) is 12.3 Å². The van der Waals surface area contributed by atoms with Crippen molar-refractivity contribution in [2.75, 3.05) is 11.5 Å². The number of rotatable bonds is 4. The summed E-state index contributed by atoms with van der Waals surface area (Å²) in [6.45, 7) is 2.06. The minimum Gasteiger partial charge on any atom is -0.391 e. The van der Waals surface area contributed by atoms with Gasteiger partial charge in [-0.15, -0.1) is 12.3 Å². The Bertz CT molecular complexity index is 95.6. The van der Waals surface area contributed by atoms with Gasteiger partial charge in [0, 0.05) is 12.2 Å². The fourth-order valence-electron chi connectivity index (χ4n) is 0.449. The third-order valence-electron chi connectivity index (χ3n) is 0.868. The molecule has 0 saturated heterocycles. The summed E-state index contributed by atoms with van der Waals surface area (Å²) >= 11 is 1.71. The zero-order valence-electron chi connectivity index (χ0n) is 5.63. The van der Waals surface area contributed by atoms with Crippen molar-refractivity contribution in [2.45, 2.75) is 19.4 Å². The number of aliphatic hydroxyl groups excluding tert-OH is 1. The van der Waals surface area contributed by atoms with Crippen molar-refractivity contribution in [1.29, 1.82) is 0 Å². The van der Waals surface area contributed by atoms with Crippen molar-refractivity contribution in [3.05, 3.63) is 0 Å². The highest BCUT2D eigenvalue weighted by molar-refractivity contribution is 7.99. The average molecular weight is 144 g/mol. The molecule has 1 N–H and O–H groups in total. The molecule has 0 aliphatic carbocycles. The van der Waals surface area contributed by atoms with Crippen LogP contribution < -0.4 is 0 Å². The lowest BCUT2D eigenvalue weighted by Gasteiger charge is -2.03. The lowest BCUT2D eigenvalue weighted by Crippen LogP contribution is -2.08. The van der Waals surface area contributed by atoms with E-state index in [9.17, 15) is 0 Å². The number of hydrogen-bond donors (Lipinski definition) is 1.